The Bertz CT molecular complexity index is 189. The van der Waals surface area contributed by atoms with Gasteiger partial charge in [0, 0.05) is 0 Å². The first-order chi connectivity index (χ1) is 6.15. The van der Waals surface area contributed by atoms with E-state index in [2.05, 4.69) is 0 Å². The summed E-state index contributed by atoms with van der Waals surface area (Å²) < 4.78 is 4.89. The maximum absolute atomic E-state index is 10.7. The summed E-state index contributed by atoms with van der Waals surface area (Å²) in [4.78, 5) is 10.7. The van der Waals surface area contributed by atoms with Gasteiger partial charge in [-0.2, -0.15) is 0 Å². The average Bonchev–Trinajstić information content (AvgIpc) is 2.14. The summed E-state index contributed by atoms with van der Waals surface area (Å²) in [5, 5.41) is 8.25. The molecule has 1 amide bonds. The Hall–Kier alpha value is -1.03. The molecule has 0 aromatic rings. The highest BCUT2D eigenvalue weighted by atomic mass is 16.6. The molecule has 0 aromatic heterocycles. The van der Waals surface area contributed by atoms with Gasteiger partial charge in [0.1, 0.15) is 6.10 Å². The number of ether oxygens (including phenoxy) is 1. The minimum absolute atomic E-state index is 0.243. The third kappa shape index (κ3) is 4.52. The third-order valence-electron chi connectivity index (χ3n) is 1.75. The van der Waals surface area contributed by atoms with Crippen molar-refractivity contribution >= 4 is 6.09 Å². The molecule has 0 aliphatic carbocycles. The van der Waals surface area contributed by atoms with E-state index in [9.17, 15) is 4.79 Å². The molecule has 0 spiro atoms. The van der Waals surface area contributed by atoms with Gasteiger partial charge in [-0.3, -0.25) is 5.21 Å². The molecule has 0 bridgehead atoms. The summed E-state index contributed by atoms with van der Waals surface area (Å²) >= 11 is 0. The van der Waals surface area contributed by atoms with E-state index >= 15 is 0 Å². The quantitative estimate of drug-likeness (QED) is 0.403. The highest BCUT2D eigenvalue weighted by Crippen LogP contribution is 2.10. The van der Waals surface area contributed by atoms with Crippen LogP contribution in [0.3, 0.4) is 0 Å². The van der Waals surface area contributed by atoms with Gasteiger partial charge in [0.05, 0.1) is 0 Å². The van der Waals surface area contributed by atoms with Gasteiger partial charge in [-0.05, 0) is 25.3 Å². The van der Waals surface area contributed by atoms with Gasteiger partial charge in [-0.15, -0.1) is 0 Å². The number of carbonyl (C=O) groups excluding carboxylic acids is 1. The smallest absolute Gasteiger partial charge is 0.431 e. The zero-order chi connectivity index (χ0) is 10.3. The van der Waals surface area contributed by atoms with Crippen LogP contribution < -0.4 is 5.48 Å². The van der Waals surface area contributed by atoms with Crippen molar-refractivity contribution in [2.75, 3.05) is 0 Å². The molecule has 76 valence electrons. The molecule has 0 fully saturated rings. The molecule has 0 radical (unpaired) electrons. The van der Waals surface area contributed by atoms with Crippen molar-refractivity contribution in [3.63, 3.8) is 0 Å². The SMILES string of the molecule is CC/C=C(\C)C(CC)OC(=O)NO. The zero-order valence-electron chi connectivity index (χ0n) is 8.33. The number of nitrogens with one attached hydrogen (secondary N) is 1. The fraction of sp³-hybridized carbons (Fsp3) is 0.667. The van der Waals surface area contributed by atoms with Crippen molar-refractivity contribution < 1.29 is 14.7 Å². The summed E-state index contributed by atoms with van der Waals surface area (Å²) in [6.07, 6.45) is 2.56. The number of amides is 1. The second-order valence-electron chi connectivity index (χ2n) is 2.77. The Labute approximate surface area is 78.5 Å². The van der Waals surface area contributed by atoms with Gasteiger partial charge in [-0.25, -0.2) is 10.3 Å². The topological polar surface area (TPSA) is 58.6 Å². The standard InChI is InChI=1S/C9H17NO3/c1-4-6-7(3)8(5-2)13-9(11)10-12/h6,8,12H,4-5H2,1-3H3,(H,10,11)/b7-6+. The molecule has 1 atom stereocenters. The van der Waals surface area contributed by atoms with Crippen LogP contribution in [-0.4, -0.2) is 17.4 Å². The van der Waals surface area contributed by atoms with Crippen LogP contribution in [-0.2, 0) is 4.74 Å². The summed E-state index contributed by atoms with van der Waals surface area (Å²) in [6, 6.07) is 0. The molecule has 0 saturated heterocycles. The number of carbonyl (C=O) groups is 1. The van der Waals surface area contributed by atoms with E-state index in [-0.39, 0.29) is 6.10 Å². The van der Waals surface area contributed by atoms with Gasteiger partial charge in [0.2, 0.25) is 0 Å². The van der Waals surface area contributed by atoms with E-state index in [1.54, 1.807) is 0 Å². The molecule has 0 heterocycles. The van der Waals surface area contributed by atoms with E-state index in [0.29, 0.717) is 6.42 Å². The summed E-state index contributed by atoms with van der Waals surface area (Å²) in [5.41, 5.74) is 2.45. The van der Waals surface area contributed by atoms with Crippen LogP contribution >= 0.6 is 0 Å². The normalized spacial score (nSPS) is 13.7. The van der Waals surface area contributed by atoms with Crippen LogP contribution in [0, 0.1) is 0 Å². The van der Waals surface area contributed by atoms with E-state index in [4.69, 9.17) is 9.94 Å². The molecule has 0 aliphatic heterocycles. The van der Waals surface area contributed by atoms with Crippen LogP contribution in [0.15, 0.2) is 11.6 Å². The molecular formula is C9H17NO3. The van der Waals surface area contributed by atoms with Crippen molar-refractivity contribution in [1.29, 1.82) is 0 Å². The second-order valence-corrected chi connectivity index (χ2v) is 2.77. The molecule has 0 aromatic carbocycles. The monoisotopic (exact) mass is 187 g/mol. The summed E-state index contributed by atoms with van der Waals surface area (Å²) in [5.74, 6) is 0. The lowest BCUT2D eigenvalue weighted by atomic mass is 10.1. The van der Waals surface area contributed by atoms with Gasteiger partial charge in [-0.1, -0.05) is 19.9 Å². The molecule has 4 heteroatoms. The van der Waals surface area contributed by atoms with Crippen LogP contribution in [0.1, 0.15) is 33.6 Å². The van der Waals surface area contributed by atoms with Crippen molar-refractivity contribution in [2.45, 2.75) is 39.7 Å². The number of allylic oxidation sites excluding steroid dienone is 1. The maximum atomic E-state index is 10.7. The summed E-state index contributed by atoms with van der Waals surface area (Å²) in [6.45, 7) is 5.84. The lowest BCUT2D eigenvalue weighted by Crippen LogP contribution is -2.26. The number of hydroxylamine groups is 1. The number of hydrogen-bond donors (Lipinski definition) is 2. The molecule has 0 saturated carbocycles. The Kier molecular flexibility index (Phi) is 5.97. The Morgan fingerprint density at radius 2 is 2.23 bits per heavy atom. The molecule has 2 N–H and O–H groups in total. The third-order valence-corrected chi connectivity index (χ3v) is 1.75. The lowest BCUT2D eigenvalue weighted by Gasteiger charge is -2.15. The minimum Gasteiger partial charge on any atom is -0.440 e. The van der Waals surface area contributed by atoms with Crippen LogP contribution in [0.4, 0.5) is 4.79 Å². The van der Waals surface area contributed by atoms with Gasteiger partial charge in [0.15, 0.2) is 0 Å². The van der Waals surface area contributed by atoms with Gasteiger partial charge >= 0.3 is 6.09 Å². The summed E-state index contributed by atoms with van der Waals surface area (Å²) in [7, 11) is 0. The second kappa shape index (κ2) is 6.48. The van der Waals surface area contributed by atoms with Gasteiger partial charge in [0.25, 0.3) is 0 Å². The highest BCUT2D eigenvalue weighted by Gasteiger charge is 2.12. The van der Waals surface area contributed by atoms with Crippen LogP contribution in [0.25, 0.3) is 0 Å². The molecule has 0 aliphatic rings. The Morgan fingerprint density at radius 3 is 2.62 bits per heavy atom. The number of hydrogen-bond acceptors (Lipinski definition) is 3. The van der Waals surface area contributed by atoms with Crippen molar-refractivity contribution in [2.24, 2.45) is 0 Å². The predicted molar refractivity (Wildman–Crippen MR) is 49.5 cm³/mol. The first-order valence-corrected chi connectivity index (χ1v) is 4.43. The Morgan fingerprint density at radius 1 is 1.62 bits per heavy atom. The maximum Gasteiger partial charge on any atom is 0.431 e. The average molecular weight is 187 g/mol. The van der Waals surface area contributed by atoms with Crippen LogP contribution in [0.2, 0.25) is 0 Å². The zero-order valence-corrected chi connectivity index (χ0v) is 8.33. The van der Waals surface area contributed by atoms with Crippen molar-refractivity contribution in [3.05, 3.63) is 11.6 Å². The van der Waals surface area contributed by atoms with E-state index in [1.165, 1.54) is 5.48 Å². The molecular weight excluding hydrogens is 170 g/mol. The lowest BCUT2D eigenvalue weighted by molar-refractivity contribution is 0.0665. The molecule has 4 nitrogen and oxygen atoms in total. The minimum atomic E-state index is -0.810. The van der Waals surface area contributed by atoms with Crippen LogP contribution in [0.5, 0.6) is 0 Å². The molecule has 0 rings (SSSR count). The highest BCUT2D eigenvalue weighted by molar-refractivity contribution is 5.66. The fourth-order valence-electron chi connectivity index (χ4n) is 1.11. The largest absolute Gasteiger partial charge is 0.440 e. The Balaban J connectivity index is 4.17. The van der Waals surface area contributed by atoms with E-state index in [1.807, 2.05) is 26.8 Å². The fourth-order valence-corrected chi connectivity index (χ4v) is 1.11. The number of rotatable bonds is 4. The van der Waals surface area contributed by atoms with Crippen molar-refractivity contribution in [3.8, 4) is 0 Å². The molecule has 1 unspecified atom stereocenters. The van der Waals surface area contributed by atoms with E-state index in [0.717, 1.165) is 12.0 Å². The van der Waals surface area contributed by atoms with Gasteiger partial charge < -0.3 is 4.74 Å². The predicted octanol–water partition coefficient (Wildman–Crippen LogP) is 2.24. The first-order valence-electron chi connectivity index (χ1n) is 4.43. The van der Waals surface area contributed by atoms with Crippen molar-refractivity contribution in [1.82, 2.24) is 5.48 Å². The van der Waals surface area contributed by atoms with E-state index < -0.39 is 6.09 Å². The first kappa shape index (κ1) is 12.0. The molecule has 13 heavy (non-hydrogen) atoms.